The molecule has 0 spiro atoms. The molecule has 0 aromatic carbocycles. The molecule has 0 bridgehead atoms. The average molecular weight is 312 g/mol. The van der Waals surface area contributed by atoms with Crippen LogP contribution in [0.3, 0.4) is 0 Å². The second-order valence-electron chi connectivity index (χ2n) is 4.77. The van der Waals surface area contributed by atoms with Crippen molar-refractivity contribution in [2.45, 2.75) is 26.9 Å². The van der Waals surface area contributed by atoms with Crippen LogP contribution in [-0.4, -0.2) is 43.1 Å². The number of hydrogen-bond donors (Lipinski definition) is 2. The van der Waals surface area contributed by atoms with Gasteiger partial charge in [-0.15, -0.1) is 0 Å². The molecule has 0 saturated heterocycles. The Labute approximate surface area is 130 Å². The van der Waals surface area contributed by atoms with E-state index in [1.807, 2.05) is 13.8 Å². The lowest BCUT2D eigenvalue weighted by Gasteiger charge is -2.14. The van der Waals surface area contributed by atoms with Crippen LogP contribution >= 0.6 is 0 Å². The molecule has 1 heterocycles. The van der Waals surface area contributed by atoms with Crippen molar-refractivity contribution in [3.63, 3.8) is 0 Å². The fourth-order valence-electron chi connectivity index (χ4n) is 1.83. The van der Waals surface area contributed by atoms with Crippen molar-refractivity contribution < 1.29 is 23.9 Å². The Kier molecular flexibility index (Phi) is 7.62. The highest BCUT2D eigenvalue weighted by atomic mass is 16.5. The first-order valence-corrected chi connectivity index (χ1v) is 7.27. The molecule has 124 valence electrons. The lowest BCUT2D eigenvalue weighted by Crippen LogP contribution is -2.24. The van der Waals surface area contributed by atoms with E-state index in [0.717, 1.165) is 6.42 Å². The van der Waals surface area contributed by atoms with Crippen molar-refractivity contribution in [2.75, 3.05) is 26.9 Å². The van der Waals surface area contributed by atoms with Gasteiger partial charge in [-0.25, -0.2) is 4.79 Å². The Balaban J connectivity index is 2.90. The molecular formula is C15H24N2O5. The number of nitrogens with one attached hydrogen (secondary N) is 1. The lowest BCUT2D eigenvalue weighted by molar-refractivity contribution is 0.0586. The first kappa shape index (κ1) is 18.2. The minimum atomic E-state index is -0.553. The summed E-state index contributed by atoms with van der Waals surface area (Å²) >= 11 is 0. The van der Waals surface area contributed by atoms with Crippen molar-refractivity contribution in [1.29, 1.82) is 0 Å². The predicted molar refractivity (Wildman–Crippen MR) is 81.1 cm³/mol. The highest BCUT2D eigenvalue weighted by Crippen LogP contribution is 2.21. The summed E-state index contributed by atoms with van der Waals surface area (Å²) in [7, 11) is 1.29. The molecule has 0 amide bonds. The summed E-state index contributed by atoms with van der Waals surface area (Å²) < 4.78 is 15.2. The Morgan fingerprint density at radius 1 is 1.50 bits per heavy atom. The van der Waals surface area contributed by atoms with Gasteiger partial charge in [0.05, 0.1) is 12.8 Å². The normalized spacial score (nSPS) is 12.0. The zero-order chi connectivity index (χ0) is 16.5. The van der Waals surface area contributed by atoms with Crippen LogP contribution in [0.2, 0.25) is 0 Å². The van der Waals surface area contributed by atoms with E-state index in [2.05, 4.69) is 17.1 Å². The van der Waals surface area contributed by atoms with Gasteiger partial charge in [0.2, 0.25) is 0 Å². The molecule has 7 nitrogen and oxygen atoms in total. The number of carbonyl (C=O) groups is 1. The average Bonchev–Trinajstić information content (AvgIpc) is 2.96. The number of aliphatic hydroxyl groups excluding tert-OH is 1. The van der Waals surface area contributed by atoms with Crippen LogP contribution in [0, 0.1) is 5.92 Å². The van der Waals surface area contributed by atoms with E-state index >= 15 is 0 Å². The Bertz CT molecular complexity index is 494. The second kappa shape index (κ2) is 9.22. The molecule has 1 unspecified atom stereocenters. The topological polar surface area (TPSA) is 93.8 Å². The zero-order valence-corrected chi connectivity index (χ0v) is 13.3. The van der Waals surface area contributed by atoms with Gasteiger partial charge in [0.15, 0.2) is 5.76 Å². The molecule has 1 rings (SSSR count). The van der Waals surface area contributed by atoms with Crippen LogP contribution in [0.1, 0.15) is 42.1 Å². The van der Waals surface area contributed by atoms with Crippen LogP contribution < -0.4 is 5.32 Å². The minimum Gasteiger partial charge on any atom is -0.465 e. The van der Waals surface area contributed by atoms with Gasteiger partial charge in [0.25, 0.3) is 0 Å². The molecule has 22 heavy (non-hydrogen) atoms. The number of ether oxygens (including phenoxy) is 2. The smallest absolute Gasteiger partial charge is 0.343 e. The number of hydrogen-bond acceptors (Lipinski definition) is 7. The molecular weight excluding hydrogens is 288 g/mol. The summed E-state index contributed by atoms with van der Waals surface area (Å²) in [6.45, 7) is 8.93. The second-order valence-corrected chi connectivity index (χ2v) is 4.77. The number of esters is 1. The summed E-state index contributed by atoms with van der Waals surface area (Å²) in [4.78, 5) is 11.9. The minimum absolute atomic E-state index is 0.0784. The maximum absolute atomic E-state index is 11.9. The summed E-state index contributed by atoms with van der Waals surface area (Å²) in [5, 5.41) is 16.1. The van der Waals surface area contributed by atoms with Gasteiger partial charge < -0.3 is 24.4 Å². The largest absolute Gasteiger partial charge is 0.465 e. The van der Waals surface area contributed by atoms with Crippen molar-refractivity contribution in [1.82, 2.24) is 10.5 Å². The van der Waals surface area contributed by atoms with E-state index < -0.39 is 5.97 Å². The maximum Gasteiger partial charge on any atom is 0.343 e. The highest BCUT2D eigenvalue weighted by Gasteiger charge is 2.25. The first-order chi connectivity index (χ1) is 10.6. The molecule has 1 atom stereocenters. The fraction of sp³-hybridized carbons (Fsp3) is 0.600. The van der Waals surface area contributed by atoms with Crippen LogP contribution in [0.4, 0.5) is 0 Å². The van der Waals surface area contributed by atoms with E-state index in [1.165, 1.54) is 7.11 Å². The fourth-order valence-corrected chi connectivity index (χ4v) is 1.83. The van der Waals surface area contributed by atoms with Crippen molar-refractivity contribution in [2.24, 2.45) is 5.92 Å². The molecule has 1 aromatic heterocycles. The Hall–Kier alpha value is -1.86. The summed E-state index contributed by atoms with van der Waals surface area (Å²) in [6.07, 6.45) is 0.828. The maximum atomic E-state index is 11.9. The van der Waals surface area contributed by atoms with Crippen molar-refractivity contribution in [3.8, 4) is 0 Å². The summed E-state index contributed by atoms with van der Waals surface area (Å²) in [5.74, 6) is -0.142. The van der Waals surface area contributed by atoms with Crippen LogP contribution in [-0.2, 0) is 16.1 Å². The van der Waals surface area contributed by atoms with Crippen LogP contribution in [0.5, 0.6) is 0 Å². The van der Waals surface area contributed by atoms with E-state index in [4.69, 9.17) is 14.0 Å². The predicted octanol–water partition coefficient (Wildman–Crippen LogP) is 1.58. The molecule has 0 aliphatic rings. The molecule has 0 aliphatic carbocycles. The molecule has 0 saturated carbocycles. The third-order valence-electron chi connectivity index (χ3n) is 3.32. The van der Waals surface area contributed by atoms with E-state index in [0.29, 0.717) is 30.3 Å². The summed E-state index contributed by atoms with van der Waals surface area (Å²) in [5.41, 5.74) is 0.957. The SMILES string of the molecule is C=C(NCC(CC)CO)c1noc(COCC)c1C(=O)OC. The zero-order valence-electron chi connectivity index (χ0n) is 13.3. The molecule has 2 N–H and O–H groups in total. The Morgan fingerprint density at radius 2 is 2.23 bits per heavy atom. The monoisotopic (exact) mass is 312 g/mol. The number of rotatable bonds is 10. The highest BCUT2D eigenvalue weighted by molar-refractivity contribution is 5.95. The third kappa shape index (κ3) is 4.57. The third-order valence-corrected chi connectivity index (χ3v) is 3.32. The lowest BCUT2D eigenvalue weighted by atomic mass is 10.1. The number of aromatic nitrogens is 1. The van der Waals surface area contributed by atoms with Gasteiger partial charge in [-0.05, 0) is 19.3 Å². The number of carbonyl (C=O) groups excluding carboxylic acids is 1. The van der Waals surface area contributed by atoms with Crippen LogP contribution in [0.15, 0.2) is 11.1 Å². The number of aliphatic hydroxyl groups is 1. The molecule has 0 fully saturated rings. The number of nitrogens with zero attached hydrogens (tertiary/aromatic N) is 1. The number of methoxy groups -OCH3 is 1. The van der Waals surface area contributed by atoms with Crippen molar-refractivity contribution in [3.05, 3.63) is 23.6 Å². The van der Waals surface area contributed by atoms with Gasteiger partial charge in [-0.2, -0.15) is 0 Å². The van der Waals surface area contributed by atoms with E-state index in [9.17, 15) is 9.90 Å². The van der Waals surface area contributed by atoms with Gasteiger partial charge in [0.1, 0.15) is 17.9 Å². The molecule has 0 aliphatic heterocycles. The van der Waals surface area contributed by atoms with E-state index in [1.54, 1.807) is 0 Å². The van der Waals surface area contributed by atoms with Crippen LogP contribution in [0.25, 0.3) is 5.70 Å². The van der Waals surface area contributed by atoms with Gasteiger partial charge in [0, 0.05) is 19.8 Å². The standard InChI is InChI=1S/C15H24N2O5/c1-5-11(8-18)7-16-10(3)14-13(15(19)20-4)12(22-17-14)9-21-6-2/h11,16,18H,3,5-9H2,1-2,4H3. The molecule has 0 radical (unpaired) electrons. The molecule has 1 aromatic rings. The van der Waals surface area contributed by atoms with Gasteiger partial charge in [-0.1, -0.05) is 18.7 Å². The molecule has 7 heteroatoms. The van der Waals surface area contributed by atoms with Gasteiger partial charge >= 0.3 is 5.97 Å². The van der Waals surface area contributed by atoms with E-state index in [-0.39, 0.29) is 24.7 Å². The quantitative estimate of drug-likeness (QED) is 0.633. The first-order valence-electron chi connectivity index (χ1n) is 7.27. The van der Waals surface area contributed by atoms with Crippen molar-refractivity contribution >= 4 is 11.7 Å². The van der Waals surface area contributed by atoms with Gasteiger partial charge in [-0.3, -0.25) is 0 Å². The summed E-state index contributed by atoms with van der Waals surface area (Å²) in [6, 6.07) is 0. The Morgan fingerprint density at radius 3 is 2.77 bits per heavy atom.